The Hall–Kier alpha value is -0.535. The Morgan fingerprint density at radius 1 is 1.30 bits per heavy atom. The van der Waals surface area contributed by atoms with Crippen LogP contribution in [0.25, 0.3) is 10.4 Å². The van der Waals surface area contributed by atoms with E-state index in [-0.39, 0.29) is 0 Å². The van der Waals surface area contributed by atoms with Gasteiger partial charge in [0.1, 0.15) is 0 Å². The molecule has 0 atom stereocenters. The Labute approximate surface area is 74.7 Å². The molecule has 0 spiro atoms. The predicted molar refractivity (Wildman–Crippen MR) is 34.9 cm³/mol. The van der Waals surface area contributed by atoms with Gasteiger partial charge >= 0.3 is 74.7 Å². The summed E-state index contributed by atoms with van der Waals surface area (Å²) in [4.78, 5) is 2.68. The third kappa shape index (κ3) is 2.01. The topological polar surface area (TPSA) is 48.8 Å². The minimum absolute atomic E-state index is 0.663. The summed E-state index contributed by atoms with van der Waals surface area (Å²) in [6, 6.07) is 7.66. The Morgan fingerprint density at radius 3 is 2.40 bits per heavy atom. The van der Waals surface area contributed by atoms with Crippen LogP contribution in [0.5, 0.6) is 0 Å². The van der Waals surface area contributed by atoms with Crippen LogP contribution in [0.15, 0.2) is 29.4 Å². The summed E-state index contributed by atoms with van der Waals surface area (Å²) >= 11 is 0.663. The molecule has 0 saturated heterocycles. The first-order chi connectivity index (χ1) is 4.83. The quantitative estimate of drug-likeness (QED) is 0.328. The molecule has 1 rings (SSSR count). The van der Waals surface area contributed by atoms with Crippen molar-refractivity contribution in [2.24, 2.45) is 5.11 Å². The standard InChI is InChI=1S/C6H4N3.Hg/c7-9-8-6-4-2-1-3-5-6;/h2-5H;/q;+1. The first-order valence-corrected chi connectivity index (χ1v) is 5.55. The van der Waals surface area contributed by atoms with Crippen LogP contribution >= 0.6 is 0 Å². The van der Waals surface area contributed by atoms with Crippen LogP contribution < -0.4 is 3.07 Å². The molecule has 0 aliphatic rings. The molecule has 0 amide bonds. The van der Waals surface area contributed by atoms with Gasteiger partial charge in [0.25, 0.3) is 0 Å². The Kier molecular flexibility index (Phi) is 2.72. The second-order valence-corrected chi connectivity index (χ2v) is 5.03. The summed E-state index contributed by atoms with van der Waals surface area (Å²) in [6.45, 7) is 0. The van der Waals surface area contributed by atoms with Crippen LogP contribution in [0.1, 0.15) is 0 Å². The Morgan fingerprint density at radius 2 is 1.90 bits per heavy atom. The van der Waals surface area contributed by atoms with Crippen molar-refractivity contribution in [3.05, 3.63) is 34.7 Å². The molecular formula is C6H4HgN3+. The molecule has 10 heavy (non-hydrogen) atoms. The molecule has 0 bridgehead atoms. The van der Waals surface area contributed by atoms with E-state index in [0.717, 1.165) is 0 Å². The fourth-order valence-corrected chi connectivity index (χ4v) is 1.53. The van der Waals surface area contributed by atoms with Crippen molar-refractivity contribution in [2.45, 2.75) is 0 Å². The molecule has 0 N–H and O–H groups in total. The summed E-state index contributed by atoms with van der Waals surface area (Å²) in [6.07, 6.45) is 0. The molecule has 0 radical (unpaired) electrons. The van der Waals surface area contributed by atoms with E-state index in [0.29, 0.717) is 31.8 Å². The fourth-order valence-electron chi connectivity index (χ4n) is 0.614. The third-order valence-electron chi connectivity index (χ3n) is 1.10. The third-order valence-corrected chi connectivity index (χ3v) is 2.93. The molecule has 0 unspecified atom stereocenters. The molecule has 0 aliphatic carbocycles. The van der Waals surface area contributed by atoms with Crippen molar-refractivity contribution < 1.29 is 26.1 Å². The van der Waals surface area contributed by atoms with E-state index in [1.165, 1.54) is 3.07 Å². The Bertz CT molecular complexity index is 261. The summed E-state index contributed by atoms with van der Waals surface area (Å²) in [5.41, 5.74) is 8.75. The number of azide groups is 1. The average molecular weight is 319 g/mol. The van der Waals surface area contributed by atoms with E-state index in [1.807, 2.05) is 24.3 Å². The van der Waals surface area contributed by atoms with Crippen LogP contribution in [0.4, 0.5) is 5.69 Å². The summed E-state index contributed by atoms with van der Waals surface area (Å²) < 4.78 is 1.36. The first kappa shape index (κ1) is 7.57. The van der Waals surface area contributed by atoms with Crippen molar-refractivity contribution in [1.82, 2.24) is 0 Å². The van der Waals surface area contributed by atoms with Gasteiger partial charge in [0.2, 0.25) is 0 Å². The summed E-state index contributed by atoms with van der Waals surface area (Å²) in [7, 11) is 0. The van der Waals surface area contributed by atoms with Gasteiger partial charge in [-0.3, -0.25) is 0 Å². The van der Waals surface area contributed by atoms with E-state index in [4.69, 9.17) is 5.53 Å². The molecule has 4 heteroatoms. The monoisotopic (exact) mass is 320 g/mol. The summed E-state index contributed by atoms with van der Waals surface area (Å²) in [5, 5.41) is 3.45. The minimum atomic E-state index is 0.663. The predicted octanol–water partition coefficient (Wildman–Crippen LogP) is 1.80. The Balaban J connectivity index is 3.00. The molecule has 1 aromatic carbocycles. The van der Waals surface area contributed by atoms with Gasteiger partial charge in [0.15, 0.2) is 0 Å². The van der Waals surface area contributed by atoms with Gasteiger partial charge in [-0.25, -0.2) is 0 Å². The van der Waals surface area contributed by atoms with Crippen molar-refractivity contribution in [3.63, 3.8) is 0 Å². The van der Waals surface area contributed by atoms with Gasteiger partial charge in [-0.1, -0.05) is 0 Å². The number of benzene rings is 1. The molecule has 0 fully saturated rings. The molecule has 1 aromatic rings. The van der Waals surface area contributed by atoms with Crippen molar-refractivity contribution in [2.75, 3.05) is 0 Å². The maximum absolute atomic E-state index is 8.06. The van der Waals surface area contributed by atoms with Gasteiger partial charge in [-0.15, -0.1) is 0 Å². The number of hydrogen-bond acceptors (Lipinski definition) is 1. The maximum atomic E-state index is 8.06. The van der Waals surface area contributed by atoms with Gasteiger partial charge in [-0.05, 0) is 0 Å². The summed E-state index contributed by atoms with van der Waals surface area (Å²) in [5.74, 6) is 0. The molecular weight excluding hydrogens is 315 g/mol. The first-order valence-electron chi connectivity index (χ1n) is 2.80. The molecule has 3 nitrogen and oxygen atoms in total. The number of nitrogens with zero attached hydrogens (tertiary/aromatic N) is 3. The van der Waals surface area contributed by atoms with E-state index >= 15 is 0 Å². The van der Waals surface area contributed by atoms with Crippen LogP contribution in [-0.4, -0.2) is 0 Å². The zero-order valence-corrected chi connectivity index (χ0v) is 10.9. The van der Waals surface area contributed by atoms with Crippen LogP contribution in [0, 0.1) is 0 Å². The van der Waals surface area contributed by atoms with Gasteiger partial charge < -0.3 is 0 Å². The molecule has 44 valence electrons. The zero-order chi connectivity index (χ0) is 7.40. The van der Waals surface area contributed by atoms with E-state index < -0.39 is 0 Å². The van der Waals surface area contributed by atoms with Gasteiger partial charge in [-0.2, -0.15) is 0 Å². The molecule has 0 saturated carbocycles. The van der Waals surface area contributed by atoms with Gasteiger partial charge in [0.05, 0.1) is 0 Å². The van der Waals surface area contributed by atoms with Gasteiger partial charge in [0, 0.05) is 0 Å². The second-order valence-electron chi connectivity index (χ2n) is 1.86. The normalized spacial score (nSPS) is 8.60. The van der Waals surface area contributed by atoms with Crippen molar-refractivity contribution in [3.8, 4) is 0 Å². The van der Waals surface area contributed by atoms with Crippen LogP contribution in [-0.2, 0) is 26.1 Å². The SMILES string of the molecule is [N-]=[N+]=Nc1cc[c]([Hg+])cc1. The zero-order valence-electron chi connectivity index (χ0n) is 5.36. The van der Waals surface area contributed by atoms with E-state index in [2.05, 4.69) is 10.0 Å². The van der Waals surface area contributed by atoms with Crippen LogP contribution in [0.2, 0.25) is 0 Å². The fraction of sp³-hybridized carbons (Fsp3) is 0. The van der Waals surface area contributed by atoms with E-state index in [1.54, 1.807) is 0 Å². The molecule has 0 aliphatic heterocycles. The number of rotatable bonds is 1. The van der Waals surface area contributed by atoms with E-state index in [9.17, 15) is 0 Å². The average Bonchev–Trinajstić information content (AvgIpc) is 1.95. The number of hydrogen-bond donors (Lipinski definition) is 0. The second kappa shape index (κ2) is 3.59. The molecule has 0 aromatic heterocycles. The van der Waals surface area contributed by atoms with Crippen LogP contribution in [0.3, 0.4) is 0 Å². The van der Waals surface area contributed by atoms with Crippen molar-refractivity contribution >= 4 is 8.76 Å². The molecule has 0 heterocycles. The van der Waals surface area contributed by atoms with Crippen molar-refractivity contribution in [1.29, 1.82) is 0 Å².